The molecule has 0 amide bonds. The second-order valence-electron chi connectivity index (χ2n) is 8.49. The van der Waals surface area contributed by atoms with Crippen molar-refractivity contribution in [1.82, 2.24) is 0 Å². The molecule has 2 heterocycles. The van der Waals surface area contributed by atoms with E-state index in [1.807, 2.05) is 0 Å². The Hall–Kier alpha value is -0.900. The van der Waals surface area contributed by atoms with E-state index in [0.29, 0.717) is 31.1 Å². The van der Waals surface area contributed by atoms with Crippen LogP contribution in [0.4, 0.5) is 0 Å². The van der Waals surface area contributed by atoms with Crippen molar-refractivity contribution in [2.75, 3.05) is 6.61 Å². The Morgan fingerprint density at radius 3 is 2.64 bits per heavy atom. The summed E-state index contributed by atoms with van der Waals surface area (Å²) in [5.74, 6) is 0.800. The number of fused-ring (bicyclic) bond motifs is 1. The average molecular weight is 353 g/mol. The third-order valence-electron chi connectivity index (χ3n) is 6.03. The van der Waals surface area contributed by atoms with Gasteiger partial charge in [0.2, 0.25) is 0 Å². The van der Waals surface area contributed by atoms with Gasteiger partial charge in [0, 0.05) is 24.7 Å². The second kappa shape index (κ2) is 9.16. The van der Waals surface area contributed by atoms with Crippen LogP contribution in [0.1, 0.15) is 85.5 Å². The quantitative estimate of drug-likeness (QED) is 0.534. The van der Waals surface area contributed by atoms with E-state index >= 15 is 0 Å². The van der Waals surface area contributed by atoms with E-state index in [9.17, 15) is 9.59 Å². The molecule has 25 heavy (non-hydrogen) atoms. The van der Waals surface area contributed by atoms with Crippen LogP contribution >= 0.6 is 0 Å². The van der Waals surface area contributed by atoms with Crippen molar-refractivity contribution < 1.29 is 19.1 Å². The molecule has 5 atom stereocenters. The lowest BCUT2D eigenvalue weighted by atomic mass is 9.82. The molecule has 2 saturated heterocycles. The summed E-state index contributed by atoms with van der Waals surface area (Å²) in [6, 6.07) is 0. The molecule has 144 valence electrons. The molecule has 0 saturated carbocycles. The molecule has 0 aliphatic carbocycles. The Balaban J connectivity index is 1.98. The highest BCUT2D eigenvalue weighted by atomic mass is 16.6. The predicted octanol–water partition coefficient (Wildman–Crippen LogP) is 4.69. The Kier molecular flexibility index (Phi) is 7.48. The van der Waals surface area contributed by atoms with Crippen molar-refractivity contribution in [2.45, 2.75) is 97.2 Å². The summed E-state index contributed by atoms with van der Waals surface area (Å²) in [6.45, 7) is 9.01. The van der Waals surface area contributed by atoms with Gasteiger partial charge < -0.3 is 9.47 Å². The number of Topliss-reactive ketones (excluding diaryl/α,β-unsaturated/α-hetero) is 1. The first-order valence-electron chi connectivity index (χ1n) is 10.2. The summed E-state index contributed by atoms with van der Waals surface area (Å²) in [6.07, 6.45) is 8.13. The molecule has 0 aromatic heterocycles. The molecule has 0 bridgehead atoms. The van der Waals surface area contributed by atoms with Crippen LogP contribution in [0.25, 0.3) is 0 Å². The van der Waals surface area contributed by atoms with Gasteiger partial charge in [-0.3, -0.25) is 9.59 Å². The monoisotopic (exact) mass is 352 g/mol. The van der Waals surface area contributed by atoms with E-state index in [2.05, 4.69) is 27.7 Å². The minimum absolute atomic E-state index is 0.00251. The maximum Gasteiger partial charge on any atom is 0.305 e. The number of ether oxygens (including phenoxy) is 2. The molecule has 0 N–H and O–H groups in total. The molecule has 0 radical (unpaired) electrons. The fourth-order valence-electron chi connectivity index (χ4n) is 4.34. The number of cyclic esters (lactones) is 1. The molecule has 0 aromatic carbocycles. The first kappa shape index (κ1) is 20.4. The lowest BCUT2D eigenvalue weighted by Gasteiger charge is -2.22. The van der Waals surface area contributed by atoms with Crippen LogP contribution in [0.5, 0.6) is 0 Å². The Bertz CT molecular complexity index is 461. The van der Waals surface area contributed by atoms with Crippen LogP contribution in [0.2, 0.25) is 0 Å². The van der Waals surface area contributed by atoms with E-state index in [4.69, 9.17) is 9.47 Å². The van der Waals surface area contributed by atoms with Gasteiger partial charge in [-0.2, -0.15) is 0 Å². The normalized spacial score (nSPS) is 38.7. The maximum atomic E-state index is 12.8. The second-order valence-corrected chi connectivity index (χ2v) is 8.49. The molecule has 4 heteroatoms. The zero-order valence-corrected chi connectivity index (χ0v) is 16.5. The van der Waals surface area contributed by atoms with E-state index in [0.717, 1.165) is 44.9 Å². The largest absolute Gasteiger partial charge is 0.466 e. The molecular formula is C21H36O4. The number of carbonyl (C=O) groups is 2. The number of ketones is 1. The molecule has 2 fully saturated rings. The number of esters is 1. The lowest BCUT2D eigenvalue weighted by Crippen LogP contribution is -2.25. The third-order valence-corrected chi connectivity index (χ3v) is 6.03. The highest BCUT2D eigenvalue weighted by Gasteiger charge is 2.50. The van der Waals surface area contributed by atoms with Gasteiger partial charge in [0.1, 0.15) is 5.78 Å². The predicted molar refractivity (Wildman–Crippen MR) is 98.3 cm³/mol. The summed E-state index contributed by atoms with van der Waals surface area (Å²) < 4.78 is 11.2. The van der Waals surface area contributed by atoms with Gasteiger partial charge in [0.05, 0.1) is 18.3 Å². The van der Waals surface area contributed by atoms with Gasteiger partial charge in [-0.05, 0) is 38.5 Å². The summed E-state index contributed by atoms with van der Waals surface area (Å²) in [7, 11) is 0. The molecule has 0 aromatic rings. The topological polar surface area (TPSA) is 55.9 Å². The lowest BCUT2D eigenvalue weighted by molar-refractivity contribution is -0.144. The number of hydrogen-bond acceptors (Lipinski definition) is 4. The highest BCUT2D eigenvalue weighted by Crippen LogP contribution is 2.43. The van der Waals surface area contributed by atoms with Gasteiger partial charge >= 0.3 is 5.97 Å². The smallest absolute Gasteiger partial charge is 0.305 e. The minimum Gasteiger partial charge on any atom is -0.466 e. The molecule has 5 unspecified atom stereocenters. The van der Waals surface area contributed by atoms with Crippen LogP contribution in [0.3, 0.4) is 0 Å². The number of carbonyl (C=O) groups excluding carboxylic acids is 2. The van der Waals surface area contributed by atoms with Gasteiger partial charge in [-0.15, -0.1) is 0 Å². The van der Waals surface area contributed by atoms with Crippen LogP contribution < -0.4 is 0 Å². The Morgan fingerprint density at radius 1 is 1.16 bits per heavy atom. The summed E-state index contributed by atoms with van der Waals surface area (Å²) in [5, 5.41) is 0. The molecule has 4 nitrogen and oxygen atoms in total. The van der Waals surface area contributed by atoms with E-state index in [1.165, 1.54) is 0 Å². The van der Waals surface area contributed by atoms with E-state index < -0.39 is 0 Å². The van der Waals surface area contributed by atoms with Crippen molar-refractivity contribution in [3.63, 3.8) is 0 Å². The zero-order chi connectivity index (χ0) is 18.4. The van der Waals surface area contributed by atoms with E-state index in [1.54, 1.807) is 0 Å². The number of epoxide rings is 1. The van der Waals surface area contributed by atoms with Crippen molar-refractivity contribution >= 4 is 11.8 Å². The third kappa shape index (κ3) is 6.09. The average Bonchev–Trinajstić information content (AvgIpc) is 3.19. The molecule has 2 aliphatic rings. The van der Waals surface area contributed by atoms with Gasteiger partial charge in [0.25, 0.3) is 0 Å². The molecule has 2 aliphatic heterocycles. The van der Waals surface area contributed by atoms with Crippen molar-refractivity contribution in [3.8, 4) is 0 Å². The van der Waals surface area contributed by atoms with Crippen LogP contribution in [0.15, 0.2) is 0 Å². The SMILES string of the molecule is CCCC1CCC(=O)OCCC2OC2(C)CCCC(C)CC(C)C1=O. The maximum absolute atomic E-state index is 12.8. The summed E-state index contributed by atoms with van der Waals surface area (Å²) >= 11 is 0. The standard InChI is InChI=1S/C21H36O4/c1-5-7-17-9-10-19(22)24-13-11-18-21(4,25-18)12-6-8-15(2)14-16(3)20(17)23/h15-18H,5-14H2,1-4H3. The molecule has 2 rings (SSSR count). The van der Waals surface area contributed by atoms with Crippen molar-refractivity contribution in [3.05, 3.63) is 0 Å². The fourth-order valence-corrected chi connectivity index (χ4v) is 4.34. The van der Waals surface area contributed by atoms with E-state index in [-0.39, 0.29) is 29.5 Å². The van der Waals surface area contributed by atoms with Crippen LogP contribution in [0, 0.1) is 17.8 Å². The first-order valence-corrected chi connectivity index (χ1v) is 10.2. The highest BCUT2D eigenvalue weighted by molar-refractivity contribution is 5.83. The first-order chi connectivity index (χ1) is 11.9. The fraction of sp³-hybridized carbons (Fsp3) is 0.905. The van der Waals surface area contributed by atoms with Crippen LogP contribution in [-0.2, 0) is 19.1 Å². The molecule has 0 spiro atoms. The summed E-state index contributed by atoms with van der Waals surface area (Å²) in [5.41, 5.74) is -0.0309. The van der Waals surface area contributed by atoms with Crippen molar-refractivity contribution in [1.29, 1.82) is 0 Å². The number of rotatable bonds is 2. The Labute approximate surface area is 153 Å². The zero-order valence-electron chi connectivity index (χ0n) is 16.5. The number of hydrogen-bond donors (Lipinski definition) is 0. The minimum atomic E-state index is -0.177. The van der Waals surface area contributed by atoms with Gasteiger partial charge in [-0.1, -0.05) is 40.0 Å². The summed E-state index contributed by atoms with van der Waals surface area (Å²) in [4.78, 5) is 24.8. The van der Waals surface area contributed by atoms with Gasteiger partial charge in [0.15, 0.2) is 0 Å². The van der Waals surface area contributed by atoms with Gasteiger partial charge in [-0.25, -0.2) is 0 Å². The van der Waals surface area contributed by atoms with Crippen LogP contribution in [-0.4, -0.2) is 30.1 Å². The van der Waals surface area contributed by atoms with Crippen molar-refractivity contribution in [2.24, 2.45) is 17.8 Å². The molecular weight excluding hydrogens is 316 g/mol. The Morgan fingerprint density at radius 2 is 1.92 bits per heavy atom.